The lowest BCUT2D eigenvalue weighted by molar-refractivity contribution is 0.102. The van der Waals surface area contributed by atoms with Crippen molar-refractivity contribution in [2.75, 3.05) is 29.2 Å². The molecule has 2 atom stereocenters. The predicted octanol–water partition coefficient (Wildman–Crippen LogP) is 3.59. The number of rotatable bonds is 4. The molecule has 0 spiro atoms. The molecule has 10 heteroatoms. The van der Waals surface area contributed by atoms with E-state index in [1.807, 2.05) is 13.0 Å². The number of benzene rings is 2. The number of nitrogens with zero attached hydrogens (tertiary/aromatic N) is 1. The van der Waals surface area contributed by atoms with E-state index >= 15 is 0 Å². The Morgan fingerprint density at radius 1 is 1.23 bits per heavy atom. The maximum absolute atomic E-state index is 12.7. The molecular weight excluding hydrogens is 446 g/mol. The summed E-state index contributed by atoms with van der Waals surface area (Å²) in [4.78, 5) is 17.2. The van der Waals surface area contributed by atoms with Gasteiger partial charge in [0.15, 0.2) is 15.0 Å². The van der Waals surface area contributed by atoms with Crippen LogP contribution >= 0.6 is 23.4 Å². The Labute approximate surface area is 184 Å². The number of ether oxygens (including phenoxy) is 1. The minimum absolute atomic E-state index is 0.0379. The first-order valence-corrected chi connectivity index (χ1v) is 12.3. The minimum atomic E-state index is -2.99. The number of thioether (sulfide) groups is 1. The number of carbonyl (C=O) groups is 1. The van der Waals surface area contributed by atoms with E-state index in [4.69, 9.17) is 16.3 Å². The van der Waals surface area contributed by atoms with Crippen LogP contribution in [-0.2, 0) is 9.84 Å². The summed E-state index contributed by atoms with van der Waals surface area (Å²) in [5, 5.41) is 7.12. The number of fused-ring (bicyclic) bond motifs is 1. The van der Waals surface area contributed by atoms with Crippen molar-refractivity contribution >= 4 is 55.6 Å². The van der Waals surface area contributed by atoms with E-state index in [2.05, 4.69) is 15.6 Å². The third-order valence-electron chi connectivity index (χ3n) is 4.97. The Hall–Kier alpha value is -2.23. The fraction of sp³-hybridized carbons (Fsp3) is 0.300. The summed E-state index contributed by atoms with van der Waals surface area (Å²) in [5.74, 6) is 0.511. The lowest BCUT2D eigenvalue weighted by atomic mass is 10.1. The Morgan fingerprint density at radius 2 is 2.03 bits per heavy atom. The highest BCUT2D eigenvalue weighted by atomic mass is 35.5. The number of carbonyl (C=O) groups excluding carboxylic acids is 1. The van der Waals surface area contributed by atoms with Gasteiger partial charge in [0, 0.05) is 22.2 Å². The lowest BCUT2D eigenvalue weighted by Crippen LogP contribution is -2.14. The highest BCUT2D eigenvalue weighted by Crippen LogP contribution is 2.35. The Bertz CT molecular complexity index is 1150. The number of aliphatic imine (C=N–C) groups is 1. The third kappa shape index (κ3) is 4.43. The maximum atomic E-state index is 12.7. The van der Waals surface area contributed by atoms with Crippen molar-refractivity contribution < 1.29 is 17.9 Å². The molecule has 2 N–H and O–H groups in total. The van der Waals surface area contributed by atoms with Crippen LogP contribution in [-0.4, -0.2) is 49.4 Å². The largest absolute Gasteiger partial charge is 0.495 e. The van der Waals surface area contributed by atoms with Gasteiger partial charge in [0.25, 0.3) is 5.91 Å². The van der Waals surface area contributed by atoms with Crippen LogP contribution in [0.2, 0.25) is 5.02 Å². The lowest BCUT2D eigenvalue weighted by Gasteiger charge is -2.12. The smallest absolute Gasteiger partial charge is 0.255 e. The monoisotopic (exact) mass is 465 g/mol. The topological polar surface area (TPSA) is 96.9 Å². The second-order valence-electron chi connectivity index (χ2n) is 7.19. The van der Waals surface area contributed by atoms with Gasteiger partial charge in [-0.05, 0) is 42.8 Å². The molecule has 2 aromatic carbocycles. The van der Waals surface area contributed by atoms with E-state index in [0.29, 0.717) is 27.2 Å². The quantitative estimate of drug-likeness (QED) is 0.716. The number of hydrogen-bond donors (Lipinski definition) is 2. The fourth-order valence-electron chi connectivity index (χ4n) is 3.38. The van der Waals surface area contributed by atoms with E-state index in [9.17, 15) is 13.2 Å². The van der Waals surface area contributed by atoms with Crippen molar-refractivity contribution in [3.8, 4) is 5.75 Å². The molecule has 1 amide bonds. The number of amides is 1. The molecule has 2 aliphatic rings. The van der Waals surface area contributed by atoms with Gasteiger partial charge in [0.2, 0.25) is 0 Å². The van der Waals surface area contributed by atoms with E-state index in [0.717, 1.165) is 11.3 Å². The molecule has 0 bridgehead atoms. The summed E-state index contributed by atoms with van der Waals surface area (Å²) < 4.78 is 28.6. The molecule has 0 aliphatic carbocycles. The van der Waals surface area contributed by atoms with Crippen molar-refractivity contribution in [1.82, 2.24) is 0 Å². The standard InChI is InChI=1S/C20H20ClN3O4S2/c1-11-3-4-12(19(25)22-13-5-6-17(28-2)14(21)8-13)7-15(11)23-20-24-16-9-30(26,27)10-18(16)29-20/h3-8,16,18H,9-10H2,1-2H3,(H,22,25)(H,23,24)/t16-,18-/m1/s1. The molecule has 1 fully saturated rings. The number of hydrogen-bond acceptors (Lipinski definition) is 7. The summed E-state index contributed by atoms with van der Waals surface area (Å²) in [5.41, 5.74) is 2.74. The van der Waals surface area contributed by atoms with Crippen LogP contribution in [0.3, 0.4) is 0 Å². The summed E-state index contributed by atoms with van der Waals surface area (Å²) in [7, 11) is -1.46. The molecule has 30 heavy (non-hydrogen) atoms. The summed E-state index contributed by atoms with van der Waals surface area (Å²) >= 11 is 7.56. The average molecular weight is 466 g/mol. The predicted molar refractivity (Wildman–Crippen MR) is 122 cm³/mol. The number of halogens is 1. The first kappa shape index (κ1) is 21.0. The average Bonchev–Trinajstić information content (AvgIpc) is 3.16. The molecule has 0 aromatic heterocycles. The minimum Gasteiger partial charge on any atom is -0.495 e. The maximum Gasteiger partial charge on any atom is 0.255 e. The van der Waals surface area contributed by atoms with Crippen LogP contribution in [0.1, 0.15) is 15.9 Å². The van der Waals surface area contributed by atoms with Gasteiger partial charge in [-0.15, -0.1) is 0 Å². The SMILES string of the molecule is COc1ccc(NC(=O)c2ccc(C)c(NC3=N[C@@H]4CS(=O)(=O)C[C@H]4S3)c2)cc1Cl. The molecular formula is C20H20ClN3O4S2. The van der Waals surface area contributed by atoms with Gasteiger partial charge in [0.1, 0.15) is 5.75 Å². The van der Waals surface area contributed by atoms with E-state index in [-0.39, 0.29) is 28.7 Å². The van der Waals surface area contributed by atoms with Gasteiger partial charge in [-0.3, -0.25) is 9.79 Å². The van der Waals surface area contributed by atoms with Crippen LogP contribution in [0.5, 0.6) is 5.75 Å². The van der Waals surface area contributed by atoms with Crippen molar-refractivity contribution in [3.63, 3.8) is 0 Å². The van der Waals surface area contributed by atoms with Gasteiger partial charge >= 0.3 is 0 Å². The molecule has 0 unspecified atom stereocenters. The van der Waals surface area contributed by atoms with E-state index < -0.39 is 9.84 Å². The molecule has 4 rings (SSSR count). The zero-order chi connectivity index (χ0) is 21.5. The number of methoxy groups -OCH3 is 1. The Balaban J connectivity index is 1.48. The first-order valence-electron chi connectivity index (χ1n) is 9.21. The van der Waals surface area contributed by atoms with Crippen LogP contribution in [0, 0.1) is 6.92 Å². The van der Waals surface area contributed by atoms with E-state index in [1.54, 1.807) is 30.3 Å². The normalized spacial score (nSPS) is 21.6. The second kappa shape index (κ2) is 8.13. The third-order valence-corrected chi connectivity index (χ3v) is 8.41. The van der Waals surface area contributed by atoms with Crippen molar-refractivity contribution in [2.24, 2.45) is 4.99 Å². The molecule has 2 aromatic rings. The van der Waals surface area contributed by atoms with E-state index in [1.165, 1.54) is 18.9 Å². The molecule has 7 nitrogen and oxygen atoms in total. The fourth-order valence-corrected chi connectivity index (χ4v) is 7.30. The molecule has 0 radical (unpaired) electrons. The van der Waals surface area contributed by atoms with Gasteiger partial charge in [-0.2, -0.15) is 0 Å². The van der Waals surface area contributed by atoms with Crippen molar-refractivity contribution in [2.45, 2.75) is 18.2 Å². The number of sulfone groups is 1. The van der Waals surface area contributed by atoms with Crippen molar-refractivity contribution in [1.29, 1.82) is 0 Å². The van der Waals surface area contributed by atoms with Crippen LogP contribution in [0.4, 0.5) is 11.4 Å². The van der Waals surface area contributed by atoms with Gasteiger partial charge in [-0.1, -0.05) is 29.4 Å². The summed E-state index contributed by atoms with van der Waals surface area (Å²) in [6, 6.07) is 10.2. The number of nitrogens with one attached hydrogen (secondary N) is 2. The number of aryl methyl sites for hydroxylation is 1. The van der Waals surface area contributed by atoms with Crippen LogP contribution in [0.15, 0.2) is 41.4 Å². The van der Waals surface area contributed by atoms with Crippen LogP contribution < -0.4 is 15.4 Å². The Morgan fingerprint density at radius 3 is 2.73 bits per heavy atom. The molecule has 158 valence electrons. The molecule has 1 saturated heterocycles. The zero-order valence-electron chi connectivity index (χ0n) is 16.3. The highest BCUT2D eigenvalue weighted by Gasteiger charge is 2.42. The molecule has 0 saturated carbocycles. The highest BCUT2D eigenvalue weighted by molar-refractivity contribution is 8.15. The van der Waals surface area contributed by atoms with Gasteiger partial charge < -0.3 is 15.4 Å². The second-order valence-corrected chi connectivity index (χ2v) is 11.0. The van der Waals surface area contributed by atoms with Crippen molar-refractivity contribution in [3.05, 3.63) is 52.5 Å². The zero-order valence-corrected chi connectivity index (χ0v) is 18.7. The molecule has 2 heterocycles. The summed E-state index contributed by atoms with van der Waals surface area (Å²) in [6.07, 6.45) is 0. The van der Waals surface area contributed by atoms with Gasteiger partial charge in [-0.25, -0.2) is 8.42 Å². The number of anilines is 2. The first-order chi connectivity index (χ1) is 14.2. The van der Waals surface area contributed by atoms with Gasteiger partial charge in [0.05, 0.1) is 29.7 Å². The summed E-state index contributed by atoms with van der Waals surface area (Å²) in [6.45, 7) is 1.93. The number of amidine groups is 1. The Kier molecular flexibility index (Phi) is 5.69. The van der Waals surface area contributed by atoms with Crippen LogP contribution in [0.25, 0.3) is 0 Å². The molecule has 2 aliphatic heterocycles.